The fourth-order valence-electron chi connectivity index (χ4n) is 4.07. The molecule has 4 atom stereocenters. The number of hydrogen-bond donors (Lipinski definition) is 1. The first-order valence-corrected chi connectivity index (χ1v) is 9.12. The first-order valence-electron chi connectivity index (χ1n) is 7.63. The molecule has 0 unspecified atom stereocenters. The topological polar surface area (TPSA) is 89.3 Å². The Bertz CT molecular complexity index is 689. The van der Waals surface area contributed by atoms with E-state index in [1.54, 1.807) is 0 Å². The third-order valence-electron chi connectivity index (χ3n) is 5.11. The molecule has 0 aromatic heterocycles. The molecule has 2 bridgehead atoms. The summed E-state index contributed by atoms with van der Waals surface area (Å²) in [6.45, 7) is 1.90. The Kier molecular flexibility index (Phi) is 3.94. The monoisotopic (exact) mass is 324 g/mol. The van der Waals surface area contributed by atoms with Crippen molar-refractivity contribution in [3.63, 3.8) is 0 Å². The molecular formula is C15H20N2O4S. The zero-order valence-corrected chi connectivity index (χ0v) is 13.3. The average molecular weight is 324 g/mol. The van der Waals surface area contributed by atoms with Crippen LogP contribution in [-0.4, -0.2) is 19.4 Å². The van der Waals surface area contributed by atoms with Crippen LogP contribution < -0.4 is 4.72 Å². The zero-order chi connectivity index (χ0) is 15.9. The molecule has 0 aliphatic heterocycles. The van der Waals surface area contributed by atoms with Gasteiger partial charge in [0.15, 0.2) is 0 Å². The van der Waals surface area contributed by atoms with Gasteiger partial charge >= 0.3 is 0 Å². The molecule has 22 heavy (non-hydrogen) atoms. The summed E-state index contributed by atoms with van der Waals surface area (Å²) >= 11 is 0. The van der Waals surface area contributed by atoms with Crippen molar-refractivity contribution in [3.05, 3.63) is 34.4 Å². The van der Waals surface area contributed by atoms with Gasteiger partial charge in [0.1, 0.15) is 0 Å². The van der Waals surface area contributed by atoms with Crippen molar-refractivity contribution >= 4 is 15.7 Å². The van der Waals surface area contributed by atoms with Crippen molar-refractivity contribution in [1.82, 2.24) is 4.72 Å². The minimum Gasteiger partial charge on any atom is -0.258 e. The molecule has 3 rings (SSSR count). The minimum absolute atomic E-state index is 0.0447. The number of nitro benzene ring substituents is 1. The molecule has 0 heterocycles. The van der Waals surface area contributed by atoms with E-state index in [2.05, 4.69) is 4.72 Å². The molecular weight excluding hydrogens is 304 g/mol. The third kappa shape index (κ3) is 2.87. The van der Waals surface area contributed by atoms with Gasteiger partial charge in [-0.05, 0) is 50.0 Å². The fourth-order valence-corrected chi connectivity index (χ4v) is 5.40. The molecule has 2 fully saturated rings. The van der Waals surface area contributed by atoms with E-state index in [-0.39, 0.29) is 16.6 Å². The number of hydrogen-bond acceptors (Lipinski definition) is 4. The van der Waals surface area contributed by atoms with Gasteiger partial charge in [0.25, 0.3) is 5.69 Å². The summed E-state index contributed by atoms with van der Waals surface area (Å²) < 4.78 is 27.6. The van der Waals surface area contributed by atoms with Gasteiger partial charge in [-0.1, -0.05) is 12.5 Å². The highest BCUT2D eigenvalue weighted by atomic mass is 32.2. The van der Waals surface area contributed by atoms with Crippen LogP contribution in [0.15, 0.2) is 29.2 Å². The Balaban J connectivity index is 1.76. The summed E-state index contributed by atoms with van der Waals surface area (Å²) in [6.07, 6.45) is 4.76. The summed E-state index contributed by atoms with van der Waals surface area (Å²) in [4.78, 5) is 10.2. The predicted molar refractivity (Wildman–Crippen MR) is 81.8 cm³/mol. The number of nitrogens with zero attached hydrogens (tertiary/aromatic N) is 1. The Morgan fingerprint density at radius 3 is 2.68 bits per heavy atom. The van der Waals surface area contributed by atoms with Gasteiger partial charge in [0.2, 0.25) is 10.0 Å². The second kappa shape index (κ2) is 5.62. The molecule has 1 aromatic rings. The van der Waals surface area contributed by atoms with E-state index in [1.165, 1.54) is 37.5 Å². The quantitative estimate of drug-likeness (QED) is 0.666. The lowest BCUT2D eigenvalue weighted by Crippen LogP contribution is -2.40. The largest absolute Gasteiger partial charge is 0.270 e. The number of sulfonamides is 1. The van der Waals surface area contributed by atoms with Crippen LogP contribution in [-0.2, 0) is 10.0 Å². The van der Waals surface area contributed by atoms with Gasteiger partial charge in [-0.3, -0.25) is 10.1 Å². The van der Waals surface area contributed by atoms with Crippen molar-refractivity contribution in [3.8, 4) is 0 Å². The molecule has 6 nitrogen and oxygen atoms in total. The van der Waals surface area contributed by atoms with E-state index in [0.717, 1.165) is 18.4 Å². The lowest BCUT2D eigenvalue weighted by Gasteiger charge is -2.28. The zero-order valence-electron chi connectivity index (χ0n) is 12.4. The first kappa shape index (κ1) is 15.4. The van der Waals surface area contributed by atoms with Gasteiger partial charge < -0.3 is 0 Å². The highest BCUT2D eigenvalue weighted by Crippen LogP contribution is 2.49. The summed E-state index contributed by atoms with van der Waals surface area (Å²) in [5.74, 6) is 1.75. The first-order chi connectivity index (χ1) is 10.4. The van der Waals surface area contributed by atoms with Crippen LogP contribution in [0.5, 0.6) is 0 Å². The molecule has 2 aliphatic carbocycles. The highest BCUT2D eigenvalue weighted by molar-refractivity contribution is 7.89. The molecule has 1 N–H and O–H groups in total. The summed E-state index contributed by atoms with van der Waals surface area (Å²) in [6, 6.07) is 5.05. The molecule has 0 spiro atoms. The molecule has 2 aliphatic rings. The molecule has 2 saturated carbocycles. The maximum atomic E-state index is 12.4. The van der Waals surface area contributed by atoms with Crippen LogP contribution >= 0.6 is 0 Å². The summed E-state index contributed by atoms with van der Waals surface area (Å²) in [5.41, 5.74) is -0.213. The van der Waals surface area contributed by atoms with Crippen molar-refractivity contribution in [2.24, 2.45) is 17.8 Å². The van der Waals surface area contributed by atoms with Gasteiger partial charge in [0.05, 0.1) is 9.82 Å². The smallest absolute Gasteiger partial charge is 0.258 e. The molecule has 0 amide bonds. The number of nitro groups is 1. The van der Waals surface area contributed by atoms with Gasteiger partial charge in [-0.25, -0.2) is 13.1 Å². The van der Waals surface area contributed by atoms with Crippen LogP contribution in [0.3, 0.4) is 0 Å². The van der Waals surface area contributed by atoms with Crippen molar-refractivity contribution in [2.45, 2.75) is 43.5 Å². The lowest BCUT2D eigenvalue weighted by atomic mass is 9.84. The number of rotatable bonds is 5. The maximum absolute atomic E-state index is 12.4. The van der Waals surface area contributed by atoms with Gasteiger partial charge in [-0.15, -0.1) is 0 Å². The van der Waals surface area contributed by atoms with E-state index in [0.29, 0.717) is 11.8 Å². The van der Waals surface area contributed by atoms with E-state index in [9.17, 15) is 18.5 Å². The normalized spacial score (nSPS) is 28.7. The Morgan fingerprint density at radius 2 is 2.09 bits per heavy atom. The average Bonchev–Trinajstić information content (AvgIpc) is 3.09. The van der Waals surface area contributed by atoms with Gasteiger partial charge in [-0.2, -0.15) is 0 Å². The minimum atomic E-state index is -3.72. The second-order valence-electron chi connectivity index (χ2n) is 6.50. The standard InChI is InChI=1S/C15H20N2O4S/c1-10(15-8-11-5-6-12(15)7-11)16-22(20,21)14-4-2-3-13(9-14)17(18)19/h2-4,9-12,15-16H,5-8H2,1H3/t10-,11+,12+,15+/m1/s1. The Morgan fingerprint density at radius 1 is 1.32 bits per heavy atom. The van der Waals surface area contributed by atoms with Crippen molar-refractivity contribution in [2.75, 3.05) is 0 Å². The van der Waals surface area contributed by atoms with Gasteiger partial charge in [0, 0.05) is 18.2 Å². The maximum Gasteiger partial charge on any atom is 0.270 e. The molecule has 7 heteroatoms. The number of fused-ring (bicyclic) bond motifs is 2. The van der Waals surface area contributed by atoms with Crippen LogP contribution in [0.1, 0.15) is 32.6 Å². The molecule has 1 aromatic carbocycles. The number of non-ortho nitro benzene ring substituents is 1. The van der Waals surface area contributed by atoms with E-state index >= 15 is 0 Å². The van der Waals surface area contributed by atoms with Crippen molar-refractivity contribution in [1.29, 1.82) is 0 Å². The number of benzene rings is 1. The van der Waals surface area contributed by atoms with E-state index in [1.807, 2.05) is 6.92 Å². The van der Waals surface area contributed by atoms with Crippen LogP contribution in [0.4, 0.5) is 5.69 Å². The molecule has 120 valence electrons. The summed E-state index contributed by atoms with van der Waals surface area (Å²) in [7, 11) is -3.72. The third-order valence-corrected chi connectivity index (χ3v) is 6.67. The highest BCUT2D eigenvalue weighted by Gasteiger charge is 2.42. The second-order valence-corrected chi connectivity index (χ2v) is 8.22. The SMILES string of the molecule is C[C@@H](NS(=O)(=O)c1cccc([N+](=O)[O-])c1)[C@@H]1C[C@H]2CC[C@H]1C2. The Labute approximate surface area is 130 Å². The lowest BCUT2D eigenvalue weighted by molar-refractivity contribution is -0.385. The summed E-state index contributed by atoms with van der Waals surface area (Å²) in [5, 5.41) is 10.8. The Hall–Kier alpha value is -1.47. The van der Waals surface area contributed by atoms with Crippen LogP contribution in [0.25, 0.3) is 0 Å². The van der Waals surface area contributed by atoms with E-state index in [4.69, 9.17) is 0 Å². The number of nitrogens with one attached hydrogen (secondary N) is 1. The van der Waals surface area contributed by atoms with E-state index < -0.39 is 14.9 Å². The van der Waals surface area contributed by atoms with Crippen molar-refractivity contribution < 1.29 is 13.3 Å². The molecule has 0 saturated heterocycles. The van der Waals surface area contributed by atoms with Crippen LogP contribution in [0.2, 0.25) is 0 Å². The van der Waals surface area contributed by atoms with Crippen LogP contribution in [0, 0.1) is 27.9 Å². The predicted octanol–water partition coefficient (Wildman–Crippen LogP) is 2.70. The molecule has 0 radical (unpaired) electrons. The fraction of sp³-hybridized carbons (Fsp3) is 0.600.